The molecule has 3 amide bonds. The third kappa shape index (κ3) is 5.37. The number of thioether (sulfide) groups is 1. The van der Waals surface area contributed by atoms with Crippen molar-refractivity contribution in [3.8, 4) is 5.75 Å². The smallest absolute Gasteiger partial charge is 0.294 e. The van der Waals surface area contributed by atoms with Crippen LogP contribution in [0.25, 0.3) is 6.08 Å². The first-order valence-electron chi connectivity index (χ1n) is 10.00. The van der Waals surface area contributed by atoms with Gasteiger partial charge in [0.25, 0.3) is 11.1 Å². The highest BCUT2D eigenvalue weighted by Crippen LogP contribution is 2.32. The number of amides is 3. The largest absolute Gasteiger partial charge is 0.489 e. The molecule has 2 aliphatic heterocycles. The summed E-state index contributed by atoms with van der Waals surface area (Å²) in [6.07, 6.45) is 3.61. The van der Waals surface area contributed by atoms with E-state index in [0.29, 0.717) is 30.4 Å². The quantitative estimate of drug-likeness (QED) is 0.538. The second kappa shape index (κ2) is 9.70. The molecule has 6 nitrogen and oxygen atoms in total. The molecule has 4 rings (SSSR count). The Kier molecular flexibility index (Phi) is 6.77. The molecule has 0 spiro atoms. The molecule has 0 radical (unpaired) electrons. The van der Waals surface area contributed by atoms with E-state index in [9.17, 15) is 14.4 Å². The van der Waals surface area contributed by atoms with Crippen molar-refractivity contribution in [1.82, 2.24) is 9.80 Å². The first kappa shape index (κ1) is 21.6. The monoisotopic (exact) mass is 500 g/mol. The number of ether oxygens (including phenoxy) is 1. The van der Waals surface area contributed by atoms with Gasteiger partial charge < -0.3 is 9.64 Å². The van der Waals surface area contributed by atoms with Gasteiger partial charge in [-0.1, -0.05) is 40.2 Å². The van der Waals surface area contributed by atoms with Crippen LogP contribution < -0.4 is 4.74 Å². The van der Waals surface area contributed by atoms with Gasteiger partial charge in [0.1, 0.15) is 18.9 Å². The Bertz CT molecular complexity index is 1010. The summed E-state index contributed by atoms with van der Waals surface area (Å²) in [7, 11) is 0. The van der Waals surface area contributed by atoms with E-state index in [1.54, 1.807) is 11.0 Å². The summed E-state index contributed by atoms with van der Waals surface area (Å²) >= 11 is 4.28. The van der Waals surface area contributed by atoms with Gasteiger partial charge in [-0.15, -0.1) is 0 Å². The Morgan fingerprint density at radius 3 is 2.39 bits per heavy atom. The van der Waals surface area contributed by atoms with Crippen LogP contribution in [0, 0.1) is 0 Å². The average molecular weight is 501 g/mol. The SMILES string of the molecule is O=C(CN1C(=O)S/C(=C/c2ccc(OCc3ccc(Br)cc3)cc2)C1=O)N1CCCC1. The number of rotatable bonds is 6. The number of likely N-dealkylation sites (tertiary alicyclic amines) is 1. The van der Waals surface area contributed by atoms with Gasteiger partial charge in [-0.2, -0.15) is 0 Å². The van der Waals surface area contributed by atoms with E-state index >= 15 is 0 Å². The number of imide groups is 1. The lowest BCUT2D eigenvalue weighted by Gasteiger charge is -2.18. The van der Waals surface area contributed by atoms with Crippen molar-refractivity contribution in [3.05, 3.63) is 69.0 Å². The summed E-state index contributed by atoms with van der Waals surface area (Å²) in [5.41, 5.74) is 1.84. The zero-order valence-electron chi connectivity index (χ0n) is 16.8. The maximum Gasteiger partial charge on any atom is 0.294 e. The van der Waals surface area contributed by atoms with Gasteiger partial charge in [-0.05, 0) is 66.1 Å². The molecule has 160 valence electrons. The lowest BCUT2D eigenvalue weighted by Crippen LogP contribution is -2.40. The third-order valence-electron chi connectivity index (χ3n) is 5.12. The fraction of sp³-hybridized carbons (Fsp3) is 0.261. The zero-order chi connectivity index (χ0) is 21.8. The normalized spacial score (nSPS) is 17.6. The van der Waals surface area contributed by atoms with E-state index < -0.39 is 11.1 Å². The van der Waals surface area contributed by atoms with Crippen molar-refractivity contribution in [2.75, 3.05) is 19.6 Å². The minimum absolute atomic E-state index is 0.173. The molecule has 2 saturated heterocycles. The lowest BCUT2D eigenvalue weighted by atomic mass is 10.2. The molecule has 0 bridgehead atoms. The van der Waals surface area contributed by atoms with Crippen LogP contribution in [0.5, 0.6) is 5.75 Å². The van der Waals surface area contributed by atoms with Gasteiger partial charge in [0.05, 0.1) is 4.91 Å². The van der Waals surface area contributed by atoms with Crippen LogP contribution in [0.15, 0.2) is 57.9 Å². The van der Waals surface area contributed by atoms with Crippen molar-refractivity contribution in [2.45, 2.75) is 19.4 Å². The average Bonchev–Trinajstić information content (AvgIpc) is 3.39. The Hall–Kier alpha value is -2.58. The zero-order valence-corrected chi connectivity index (χ0v) is 19.2. The van der Waals surface area contributed by atoms with Crippen LogP contribution in [0.4, 0.5) is 4.79 Å². The molecular weight excluding hydrogens is 480 g/mol. The van der Waals surface area contributed by atoms with E-state index in [1.165, 1.54) is 0 Å². The molecule has 0 unspecified atom stereocenters. The van der Waals surface area contributed by atoms with Crippen molar-refractivity contribution >= 4 is 50.8 Å². The summed E-state index contributed by atoms with van der Waals surface area (Å²) in [5.74, 6) is 0.121. The number of carbonyl (C=O) groups is 3. The summed E-state index contributed by atoms with van der Waals surface area (Å²) < 4.78 is 6.81. The molecule has 2 aliphatic rings. The van der Waals surface area contributed by atoms with Gasteiger partial charge in [0.2, 0.25) is 5.91 Å². The molecule has 0 aromatic heterocycles. The fourth-order valence-corrected chi connectivity index (χ4v) is 4.50. The Balaban J connectivity index is 1.36. The van der Waals surface area contributed by atoms with E-state index in [-0.39, 0.29) is 12.5 Å². The maximum absolute atomic E-state index is 12.6. The summed E-state index contributed by atoms with van der Waals surface area (Å²) in [6, 6.07) is 15.2. The topological polar surface area (TPSA) is 66.9 Å². The predicted molar refractivity (Wildman–Crippen MR) is 123 cm³/mol. The van der Waals surface area contributed by atoms with E-state index in [0.717, 1.165) is 45.1 Å². The molecule has 0 aliphatic carbocycles. The predicted octanol–water partition coefficient (Wildman–Crippen LogP) is 4.69. The van der Waals surface area contributed by atoms with Gasteiger partial charge in [-0.3, -0.25) is 19.3 Å². The molecule has 2 aromatic rings. The first-order valence-corrected chi connectivity index (χ1v) is 11.6. The van der Waals surface area contributed by atoms with Crippen molar-refractivity contribution in [3.63, 3.8) is 0 Å². The van der Waals surface area contributed by atoms with Gasteiger partial charge in [-0.25, -0.2) is 0 Å². The van der Waals surface area contributed by atoms with Crippen LogP contribution in [0.1, 0.15) is 24.0 Å². The molecule has 8 heteroatoms. The van der Waals surface area contributed by atoms with Crippen molar-refractivity contribution < 1.29 is 19.1 Å². The van der Waals surface area contributed by atoms with Crippen LogP contribution in [-0.2, 0) is 16.2 Å². The highest BCUT2D eigenvalue weighted by atomic mass is 79.9. The highest BCUT2D eigenvalue weighted by Gasteiger charge is 2.37. The Labute approximate surface area is 193 Å². The van der Waals surface area contributed by atoms with Crippen LogP contribution in [-0.4, -0.2) is 46.5 Å². The number of nitrogens with zero attached hydrogens (tertiary/aromatic N) is 2. The number of hydrogen-bond donors (Lipinski definition) is 0. The van der Waals surface area contributed by atoms with Crippen LogP contribution >= 0.6 is 27.7 Å². The summed E-state index contributed by atoms with van der Waals surface area (Å²) in [5, 5.41) is -0.404. The summed E-state index contributed by atoms with van der Waals surface area (Å²) in [4.78, 5) is 40.3. The van der Waals surface area contributed by atoms with Crippen molar-refractivity contribution in [1.29, 1.82) is 0 Å². The second-order valence-corrected chi connectivity index (χ2v) is 9.25. The molecule has 0 saturated carbocycles. The maximum atomic E-state index is 12.6. The third-order valence-corrected chi connectivity index (χ3v) is 6.56. The van der Waals surface area contributed by atoms with Crippen molar-refractivity contribution in [2.24, 2.45) is 0 Å². The van der Waals surface area contributed by atoms with E-state index in [1.807, 2.05) is 48.5 Å². The number of benzene rings is 2. The standard InChI is InChI=1S/C23H21BrN2O4S/c24-18-7-3-17(4-8-18)15-30-19-9-5-16(6-10-19)13-20-22(28)26(23(29)31-20)14-21(27)25-11-1-2-12-25/h3-10,13H,1-2,11-12,14-15H2/b20-13+. The summed E-state index contributed by atoms with van der Waals surface area (Å²) in [6.45, 7) is 1.66. The minimum Gasteiger partial charge on any atom is -0.489 e. The van der Waals surface area contributed by atoms with Gasteiger partial charge >= 0.3 is 0 Å². The Morgan fingerprint density at radius 2 is 1.71 bits per heavy atom. The number of carbonyl (C=O) groups excluding carboxylic acids is 3. The molecule has 2 fully saturated rings. The minimum atomic E-state index is -0.418. The molecule has 2 heterocycles. The van der Waals surface area contributed by atoms with Gasteiger partial charge in [0.15, 0.2) is 0 Å². The molecule has 31 heavy (non-hydrogen) atoms. The van der Waals surface area contributed by atoms with E-state index in [4.69, 9.17) is 4.74 Å². The first-order chi connectivity index (χ1) is 15.0. The number of halogens is 1. The fourth-order valence-electron chi connectivity index (χ4n) is 3.40. The van der Waals surface area contributed by atoms with Crippen LogP contribution in [0.3, 0.4) is 0 Å². The molecule has 0 atom stereocenters. The van der Waals surface area contributed by atoms with Gasteiger partial charge in [0, 0.05) is 17.6 Å². The molecule has 0 N–H and O–H groups in total. The lowest BCUT2D eigenvalue weighted by molar-refractivity contribution is -0.135. The van der Waals surface area contributed by atoms with E-state index in [2.05, 4.69) is 15.9 Å². The number of hydrogen-bond acceptors (Lipinski definition) is 5. The Morgan fingerprint density at radius 1 is 1.03 bits per heavy atom. The van der Waals surface area contributed by atoms with Crippen LogP contribution in [0.2, 0.25) is 0 Å². The highest BCUT2D eigenvalue weighted by molar-refractivity contribution is 9.10. The molecular formula is C23H21BrN2O4S. The molecule has 2 aromatic carbocycles. The second-order valence-electron chi connectivity index (χ2n) is 7.34.